The van der Waals surface area contributed by atoms with Gasteiger partial charge in [0, 0.05) is 20.8 Å². The second-order valence-corrected chi connectivity index (χ2v) is 1.97. The molecule has 0 bridgehead atoms. The van der Waals surface area contributed by atoms with E-state index in [0.717, 1.165) is 20.8 Å². The lowest BCUT2D eigenvalue weighted by Gasteiger charge is -2.13. The average Bonchev–Trinajstić information content (AvgIpc) is 1.80. The van der Waals surface area contributed by atoms with Crippen LogP contribution in [0, 0.1) is 0 Å². The van der Waals surface area contributed by atoms with Crippen molar-refractivity contribution in [3.8, 4) is 0 Å². The second kappa shape index (κ2) is 6.80. The first-order chi connectivity index (χ1) is 5.91. The summed E-state index contributed by atoms with van der Waals surface area (Å²) in [6.07, 6.45) is 0. The van der Waals surface area contributed by atoms with E-state index in [9.17, 15) is 14.4 Å². The Labute approximate surface area is 80.1 Å². The predicted octanol–water partition coefficient (Wildman–Crippen LogP) is -0.115. The fourth-order valence-corrected chi connectivity index (χ4v) is 0.371. The first kappa shape index (κ1) is 14.8. The third-order valence-corrected chi connectivity index (χ3v) is 0.609. The van der Waals surface area contributed by atoms with Crippen LogP contribution >= 0.6 is 0 Å². The lowest BCUT2D eigenvalue weighted by Crippen LogP contribution is -2.30. The molecule has 0 spiro atoms. The molecular formula is C6H12N2O6. The largest absolute Gasteiger partial charge is 0.344 e. The number of hydrogen-bond donors (Lipinski definition) is 1. The van der Waals surface area contributed by atoms with E-state index >= 15 is 0 Å². The fourth-order valence-electron chi connectivity index (χ4n) is 0.371. The smallest absolute Gasteiger partial charge is 0.329 e. The molecule has 82 valence electrons. The van der Waals surface area contributed by atoms with Gasteiger partial charge >= 0.3 is 17.9 Å². The van der Waals surface area contributed by atoms with Crippen LogP contribution < -0.4 is 6.15 Å². The summed E-state index contributed by atoms with van der Waals surface area (Å²) in [6.45, 7) is 3.17. The molecule has 0 aromatic heterocycles. The summed E-state index contributed by atoms with van der Waals surface area (Å²) in [7, 11) is 0. The van der Waals surface area contributed by atoms with E-state index < -0.39 is 17.9 Å². The highest BCUT2D eigenvalue weighted by atomic mass is 17.2. The highest BCUT2D eigenvalue weighted by Crippen LogP contribution is 1.96. The number of rotatable bonds is 3. The predicted molar refractivity (Wildman–Crippen MR) is 42.2 cm³/mol. The molecule has 3 N–H and O–H groups in total. The number of carbonyl (C=O) groups is 3. The first-order valence-corrected chi connectivity index (χ1v) is 3.27. The molecule has 0 aliphatic carbocycles. The minimum absolute atomic E-state index is 0. The van der Waals surface area contributed by atoms with E-state index in [1.54, 1.807) is 0 Å². The minimum Gasteiger partial charge on any atom is -0.344 e. The average molecular weight is 208 g/mol. The Kier molecular flexibility index (Phi) is 7.21. The van der Waals surface area contributed by atoms with Crippen molar-refractivity contribution in [3.63, 3.8) is 0 Å². The Bertz CT molecular complexity index is 190. The van der Waals surface area contributed by atoms with E-state index in [1.165, 1.54) is 0 Å². The Hall–Kier alpha value is -1.67. The quantitative estimate of drug-likeness (QED) is 0.638. The molecule has 0 aromatic rings. The van der Waals surface area contributed by atoms with Crippen molar-refractivity contribution < 1.29 is 28.9 Å². The van der Waals surface area contributed by atoms with Gasteiger partial charge in [0.15, 0.2) is 0 Å². The Balaban J connectivity index is 0. The fraction of sp³-hybridized carbons (Fsp3) is 0.500. The summed E-state index contributed by atoms with van der Waals surface area (Å²) in [6, 6.07) is 0. The SMILES string of the molecule is CC(=O)ON(OC(C)=O)OC(C)=O.N. The molecule has 0 saturated carbocycles. The van der Waals surface area contributed by atoms with Gasteiger partial charge in [0.25, 0.3) is 0 Å². The van der Waals surface area contributed by atoms with Crippen LogP contribution in [0.3, 0.4) is 0 Å². The van der Waals surface area contributed by atoms with Gasteiger partial charge in [-0.05, 0) is 0 Å². The standard InChI is InChI=1S/C6H9NO6.H3N/c1-4(8)11-7(12-5(2)9)13-6(3)10;/h1-3H3;1H3. The van der Waals surface area contributed by atoms with Crippen molar-refractivity contribution >= 4 is 17.9 Å². The molecule has 0 aliphatic heterocycles. The van der Waals surface area contributed by atoms with Gasteiger partial charge in [-0.2, -0.15) is 0 Å². The summed E-state index contributed by atoms with van der Waals surface area (Å²) < 4.78 is 0. The van der Waals surface area contributed by atoms with Gasteiger partial charge in [-0.25, -0.2) is 0 Å². The maximum atomic E-state index is 10.4. The lowest BCUT2D eigenvalue weighted by atomic mass is 10.8. The van der Waals surface area contributed by atoms with Crippen molar-refractivity contribution in [2.75, 3.05) is 0 Å². The normalized spacial score (nSPS) is 8.57. The van der Waals surface area contributed by atoms with Crippen LogP contribution in [0.15, 0.2) is 0 Å². The molecule has 0 fully saturated rings. The number of hydrogen-bond acceptors (Lipinski definition) is 8. The van der Waals surface area contributed by atoms with Crippen LogP contribution in [-0.2, 0) is 28.9 Å². The molecule has 0 radical (unpaired) electrons. The number of nitrogens with zero attached hydrogens (tertiary/aromatic N) is 1. The Morgan fingerprint density at radius 2 is 1.00 bits per heavy atom. The minimum atomic E-state index is -0.789. The molecule has 0 atom stereocenters. The molecule has 0 unspecified atom stereocenters. The van der Waals surface area contributed by atoms with Crippen molar-refractivity contribution in [2.24, 2.45) is 0 Å². The van der Waals surface area contributed by atoms with Gasteiger partial charge in [0.2, 0.25) is 5.39 Å². The van der Waals surface area contributed by atoms with Crippen LogP contribution in [0.1, 0.15) is 20.8 Å². The number of carbonyl (C=O) groups excluding carboxylic acids is 3. The molecule has 0 saturated heterocycles. The van der Waals surface area contributed by atoms with E-state index in [2.05, 4.69) is 14.5 Å². The van der Waals surface area contributed by atoms with Gasteiger partial charge in [-0.1, -0.05) is 0 Å². The van der Waals surface area contributed by atoms with Crippen molar-refractivity contribution in [2.45, 2.75) is 20.8 Å². The van der Waals surface area contributed by atoms with Crippen LogP contribution in [-0.4, -0.2) is 23.3 Å². The van der Waals surface area contributed by atoms with Gasteiger partial charge in [-0.3, -0.25) is 14.4 Å². The van der Waals surface area contributed by atoms with Crippen LogP contribution in [0.5, 0.6) is 0 Å². The highest BCUT2D eigenvalue weighted by molar-refractivity contribution is 5.68. The third kappa shape index (κ3) is 8.43. The molecule has 8 heteroatoms. The molecule has 0 rings (SSSR count). The summed E-state index contributed by atoms with van der Waals surface area (Å²) in [5, 5.41) is 0.0486. The molecule has 0 aliphatic rings. The van der Waals surface area contributed by atoms with Gasteiger partial charge in [-0.15, -0.1) is 0 Å². The lowest BCUT2D eigenvalue weighted by molar-refractivity contribution is -0.462. The van der Waals surface area contributed by atoms with E-state index in [1.807, 2.05) is 0 Å². The Morgan fingerprint density at radius 3 is 1.14 bits per heavy atom. The molecule has 0 amide bonds. The summed E-state index contributed by atoms with van der Waals surface area (Å²) in [4.78, 5) is 43.7. The first-order valence-electron chi connectivity index (χ1n) is 3.27. The summed E-state index contributed by atoms with van der Waals surface area (Å²) in [5.41, 5.74) is 0. The van der Waals surface area contributed by atoms with Crippen molar-refractivity contribution in [1.29, 1.82) is 0 Å². The molecule has 14 heavy (non-hydrogen) atoms. The zero-order valence-electron chi connectivity index (χ0n) is 8.10. The third-order valence-electron chi connectivity index (χ3n) is 0.609. The zero-order valence-corrected chi connectivity index (χ0v) is 8.10. The second-order valence-electron chi connectivity index (χ2n) is 1.97. The Morgan fingerprint density at radius 1 is 0.786 bits per heavy atom. The van der Waals surface area contributed by atoms with Gasteiger partial charge in [0.1, 0.15) is 0 Å². The van der Waals surface area contributed by atoms with Crippen LogP contribution in [0.25, 0.3) is 0 Å². The van der Waals surface area contributed by atoms with Crippen molar-refractivity contribution in [3.05, 3.63) is 0 Å². The molecular weight excluding hydrogens is 196 g/mol. The van der Waals surface area contributed by atoms with Gasteiger partial charge < -0.3 is 20.7 Å². The van der Waals surface area contributed by atoms with Gasteiger partial charge in [0.05, 0.1) is 0 Å². The zero-order chi connectivity index (χ0) is 10.4. The maximum absolute atomic E-state index is 10.4. The van der Waals surface area contributed by atoms with Crippen molar-refractivity contribution in [1.82, 2.24) is 11.5 Å². The molecule has 0 aromatic carbocycles. The van der Waals surface area contributed by atoms with E-state index in [4.69, 9.17) is 0 Å². The maximum Gasteiger partial charge on any atom is 0.329 e. The van der Waals surface area contributed by atoms with Crippen LogP contribution in [0.2, 0.25) is 0 Å². The molecule has 8 nitrogen and oxygen atoms in total. The summed E-state index contributed by atoms with van der Waals surface area (Å²) in [5.74, 6) is -2.37. The highest BCUT2D eigenvalue weighted by Gasteiger charge is 2.16. The summed E-state index contributed by atoms with van der Waals surface area (Å²) >= 11 is 0. The van der Waals surface area contributed by atoms with E-state index in [-0.39, 0.29) is 11.5 Å². The molecule has 0 heterocycles. The van der Waals surface area contributed by atoms with E-state index in [0.29, 0.717) is 0 Å². The monoisotopic (exact) mass is 208 g/mol. The topological polar surface area (TPSA) is 117 Å². The van der Waals surface area contributed by atoms with Crippen LogP contribution in [0.4, 0.5) is 0 Å².